The van der Waals surface area contributed by atoms with Gasteiger partial charge in [0.2, 0.25) is 0 Å². The van der Waals surface area contributed by atoms with Crippen LogP contribution in [0.1, 0.15) is 6.42 Å². The van der Waals surface area contributed by atoms with Crippen molar-refractivity contribution in [1.29, 1.82) is 0 Å². The minimum Gasteiger partial charge on any atom is -0.484 e. The summed E-state index contributed by atoms with van der Waals surface area (Å²) in [5.74, 6) is 0.0594. The summed E-state index contributed by atoms with van der Waals surface area (Å²) in [7, 11) is 1.36. The Bertz CT molecular complexity index is 523. The molecule has 0 saturated carbocycles. The van der Waals surface area contributed by atoms with Crippen molar-refractivity contribution in [2.24, 2.45) is 0 Å². The van der Waals surface area contributed by atoms with E-state index >= 15 is 0 Å². The molecular weight excluding hydrogens is 309 g/mol. The first kappa shape index (κ1) is 16.6. The number of methoxy groups -OCH3 is 1. The standard InChI is InChI=1S/C15H18FNO4S/c1-20-15(19)10-22-13-6-7-17(8-13)14(18)9-21-12-4-2-11(16)3-5-12/h2-5,13H,6-10H2,1H3. The Kier molecular flexibility index (Phi) is 6.06. The maximum absolute atomic E-state index is 12.8. The number of ether oxygens (including phenoxy) is 2. The summed E-state index contributed by atoms with van der Waals surface area (Å²) < 4.78 is 22.7. The average molecular weight is 327 g/mol. The predicted octanol–water partition coefficient (Wildman–Crippen LogP) is 1.71. The normalized spacial score (nSPS) is 17.4. The van der Waals surface area contributed by atoms with Crippen LogP contribution in [0.5, 0.6) is 5.75 Å². The lowest BCUT2D eigenvalue weighted by molar-refractivity contribution is -0.137. The van der Waals surface area contributed by atoms with E-state index in [4.69, 9.17) is 4.74 Å². The van der Waals surface area contributed by atoms with Crippen LogP contribution in [0.15, 0.2) is 24.3 Å². The van der Waals surface area contributed by atoms with E-state index in [1.807, 2.05) is 0 Å². The molecule has 22 heavy (non-hydrogen) atoms. The molecule has 1 atom stereocenters. The molecule has 2 rings (SSSR count). The number of thioether (sulfide) groups is 1. The van der Waals surface area contributed by atoms with Gasteiger partial charge in [-0.1, -0.05) is 0 Å². The zero-order chi connectivity index (χ0) is 15.9. The SMILES string of the molecule is COC(=O)CSC1CCN(C(=O)COc2ccc(F)cc2)C1. The molecule has 1 aliphatic rings. The van der Waals surface area contributed by atoms with Gasteiger partial charge in [-0.2, -0.15) is 0 Å². The van der Waals surface area contributed by atoms with E-state index in [1.165, 1.54) is 43.1 Å². The van der Waals surface area contributed by atoms with E-state index in [0.29, 0.717) is 24.6 Å². The van der Waals surface area contributed by atoms with Gasteiger partial charge in [0.05, 0.1) is 12.9 Å². The molecule has 5 nitrogen and oxygen atoms in total. The van der Waals surface area contributed by atoms with Crippen LogP contribution in [0.2, 0.25) is 0 Å². The van der Waals surface area contributed by atoms with Gasteiger partial charge < -0.3 is 14.4 Å². The molecule has 1 aliphatic heterocycles. The quantitative estimate of drug-likeness (QED) is 0.745. The minimum absolute atomic E-state index is 0.0694. The van der Waals surface area contributed by atoms with Gasteiger partial charge in [0.25, 0.3) is 5.91 Å². The van der Waals surface area contributed by atoms with Crippen LogP contribution in [0.3, 0.4) is 0 Å². The van der Waals surface area contributed by atoms with Crippen LogP contribution in [-0.4, -0.2) is 54.6 Å². The topological polar surface area (TPSA) is 55.8 Å². The Labute approximate surface area is 132 Å². The zero-order valence-electron chi connectivity index (χ0n) is 12.3. The van der Waals surface area contributed by atoms with E-state index < -0.39 is 0 Å². The fourth-order valence-corrected chi connectivity index (χ4v) is 3.15. The smallest absolute Gasteiger partial charge is 0.315 e. The molecule has 0 bridgehead atoms. The summed E-state index contributed by atoms with van der Waals surface area (Å²) >= 11 is 1.50. The number of amides is 1. The molecule has 1 aromatic carbocycles. The van der Waals surface area contributed by atoms with Gasteiger partial charge in [-0.05, 0) is 30.7 Å². The monoisotopic (exact) mass is 327 g/mol. The van der Waals surface area contributed by atoms with Gasteiger partial charge >= 0.3 is 5.97 Å². The van der Waals surface area contributed by atoms with Crippen molar-refractivity contribution in [3.8, 4) is 5.75 Å². The predicted molar refractivity (Wildman–Crippen MR) is 81.4 cm³/mol. The van der Waals surface area contributed by atoms with Crippen LogP contribution in [0.25, 0.3) is 0 Å². The van der Waals surface area contributed by atoms with Crippen LogP contribution in [-0.2, 0) is 14.3 Å². The fraction of sp³-hybridized carbons (Fsp3) is 0.467. The van der Waals surface area contributed by atoms with Gasteiger partial charge in [0, 0.05) is 18.3 Å². The second-order valence-corrected chi connectivity index (χ2v) is 6.17. The van der Waals surface area contributed by atoms with Crippen molar-refractivity contribution >= 4 is 23.6 Å². The Morgan fingerprint density at radius 3 is 2.77 bits per heavy atom. The number of hydrogen-bond donors (Lipinski definition) is 0. The fourth-order valence-electron chi connectivity index (χ4n) is 2.10. The average Bonchev–Trinajstić information content (AvgIpc) is 3.00. The summed E-state index contributed by atoms with van der Waals surface area (Å²) in [4.78, 5) is 24.9. The van der Waals surface area contributed by atoms with Crippen molar-refractivity contribution in [2.75, 3.05) is 32.6 Å². The Morgan fingerprint density at radius 2 is 2.09 bits per heavy atom. The number of hydrogen-bond acceptors (Lipinski definition) is 5. The number of halogens is 1. The number of nitrogens with zero attached hydrogens (tertiary/aromatic N) is 1. The molecular formula is C15H18FNO4S. The third-order valence-electron chi connectivity index (χ3n) is 3.34. The van der Waals surface area contributed by atoms with Gasteiger partial charge in [-0.3, -0.25) is 9.59 Å². The Morgan fingerprint density at radius 1 is 1.36 bits per heavy atom. The third kappa shape index (κ3) is 4.91. The minimum atomic E-state index is -0.344. The third-order valence-corrected chi connectivity index (χ3v) is 4.60. The van der Waals surface area contributed by atoms with Crippen molar-refractivity contribution in [3.63, 3.8) is 0 Å². The van der Waals surface area contributed by atoms with Crippen LogP contribution < -0.4 is 4.74 Å². The number of benzene rings is 1. The number of esters is 1. The molecule has 1 fully saturated rings. The summed E-state index contributed by atoms with van der Waals surface area (Å²) in [6, 6.07) is 5.55. The highest BCUT2D eigenvalue weighted by atomic mass is 32.2. The molecule has 0 N–H and O–H groups in total. The molecule has 1 unspecified atom stereocenters. The molecule has 0 aliphatic carbocycles. The summed E-state index contributed by atoms with van der Waals surface area (Å²) in [5.41, 5.74) is 0. The number of rotatable bonds is 6. The maximum Gasteiger partial charge on any atom is 0.315 e. The number of carbonyl (C=O) groups excluding carboxylic acids is 2. The molecule has 0 spiro atoms. The van der Waals surface area contributed by atoms with E-state index in [0.717, 1.165) is 6.42 Å². The van der Waals surface area contributed by atoms with Crippen LogP contribution >= 0.6 is 11.8 Å². The van der Waals surface area contributed by atoms with Crippen LogP contribution in [0.4, 0.5) is 4.39 Å². The molecule has 1 aromatic rings. The number of carbonyl (C=O) groups is 2. The largest absolute Gasteiger partial charge is 0.484 e. The lowest BCUT2D eigenvalue weighted by Gasteiger charge is -2.16. The van der Waals surface area contributed by atoms with E-state index in [-0.39, 0.29) is 29.6 Å². The van der Waals surface area contributed by atoms with Gasteiger partial charge in [0.15, 0.2) is 6.61 Å². The lowest BCUT2D eigenvalue weighted by atomic mass is 10.3. The highest BCUT2D eigenvalue weighted by Gasteiger charge is 2.27. The second kappa shape index (κ2) is 8.03. The molecule has 1 amide bonds. The highest BCUT2D eigenvalue weighted by Crippen LogP contribution is 2.23. The second-order valence-electron chi connectivity index (χ2n) is 4.88. The maximum atomic E-state index is 12.8. The zero-order valence-corrected chi connectivity index (χ0v) is 13.1. The summed E-state index contributed by atoms with van der Waals surface area (Å²) in [6.07, 6.45) is 0.851. The van der Waals surface area contributed by atoms with Crippen molar-refractivity contribution in [3.05, 3.63) is 30.1 Å². The first-order valence-electron chi connectivity index (χ1n) is 6.93. The van der Waals surface area contributed by atoms with Crippen LogP contribution in [0, 0.1) is 5.82 Å². The van der Waals surface area contributed by atoms with Crippen molar-refractivity contribution in [1.82, 2.24) is 4.90 Å². The summed E-state index contributed by atoms with van der Waals surface area (Å²) in [5, 5.41) is 0.244. The molecule has 0 aromatic heterocycles. The van der Waals surface area contributed by atoms with E-state index in [9.17, 15) is 14.0 Å². The first-order valence-corrected chi connectivity index (χ1v) is 7.98. The highest BCUT2D eigenvalue weighted by molar-refractivity contribution is 8.00. The first-order chi connectivity index (χ1) is 10.6. The number of likely N-dealkylation sites (tertiary alicyclic amines) is 1. The molecule has 7 heteroatoms. The van der Waals surface area contributed by atoms with Gasteiger partial charge in [-0.25, -0.2) is 4.39 Å². The van der Waals surface area contributed by atoms with Crippen molar-refractivity contribution < 1.29 is 23.5 Å². The molecule has 120 valence electrons. The lowest BCUT2D eigenvalue weighted by Crippen LogP contribution is -2.33. The Hall–Kier alpha value is -1.76. The van der Waals surface area contributed by atoms with Gasteiger partial charge in [0.1, 0.15) is 11.6 Å². The van der Waals surface area contributed by atoms with Gasteiger partial charge in [-0.15, -0.1) is 11.8 Å². The van der Waals surface area contributed by atoms with E-state index in [2.05, 4.69) is 4.74 Å². The Balaban J connectivity index is 1.72. The molecule has 0 radical (unpaired) electrons. The van der Waals surface area contributed by atoms with Crippen molar-refractivity contribution in [2.45, 2.75) is 11.7 Å². The molecule has 1 heterocycles. The van der Waals surface area contributed by atoms with E-state index in [1.54, 1.807) is 4.90 Å². The molecule has 1 saturated heterocycles. The summed E-state index contributed by atoms with van der Waals surface area (Å²) in [6.45, 7) is 1.19.